The Balaban J connectivity index is 2.18. The van der Waals surface area contributed by atoms with Crippen LogP contribution in [0.5, 0.6) is 0 Å². The molecule has 0 amide bonds. The first-order chi connectivity index (χ1) is 9.93. The lowest BCUT2D eigenvalue weighted by Gasteiger charge is -2.36. The fourth-order valence-corrected chi connectivity index (χ4v) is 3.19. The molecule has 1 saturated carbocycles. The summed E-state index contributed by atoms with van der Waals surface area (Å²) in [5, 5.41) is 8.92. The van der Waals surface area contributed by atoms with Crippen molar-refractivity contribution in [2.24, 2.45) is 5.92 Å². The number of benzene rings is 1. The van der Waals surface area contributed by atoms with Crippen LogP contribution < -0.4 is 10.6 Å². The molecule has 0 bridgehead atoms. The van der Waals surface area contributed by atoms with E-state index in [1.807, 2.05) is 11.9 Å². The van der Waals surface area contributed by atoms with Gasteiger partial charge in [-0.25, -0.2) is 9.18 Å². The maximum atomic E-state index is 13.9. The Morgan fingerprint density at radius 3 is 2.52 bits per heavy atom. The fraction of sp³-hybridized carbons (Fsp3) is 0.562. The molecule has 116 valence electrons. The van der Waals surface area contributed by atoms with E-state index >= 15 is 0 Å². The highest BCUT2D eigenvalue weighted by Gasteiger charge is 2.25. The van der Waals surface area contributed by atoms with Gasteiger partial charge in [0.25, 0.3) is 0 Å². The summed E-state index contributed by atoms with van der Waals surface area (Å²) < 4.78 is 13.9. The molecular formula is C16H23FN2O2. The summed E-state index contributed by atoms with van der Waals surface area (Å²) in [4.78, 5) is 12.9. The first kappa shape index (κ1) is 15.6. The molecule has 1 aliphatic carbocycles. The molecule has 0 radical (unpaired) electrons. The van der Waals surface area contributed by atoms with Crippen molar-refractivity contribution in [3.05, 3.63) is 23.5 Å². The van der Waals surface area contributed by atoms with Gasteiger partial charge >= 0.3 is 5.97 Å². The van der Waals surface area contributed by atoms with E-state index in [0.29, 0.717) is 17.4 Å². The molecule has 1 aromatic carbocycles. The minimum atomic E-state index is -1.29. The topological polar surface area (TPSA) is 66.6 Å². The number of nitrogen functional groups attached to an aromatic ring is 1. The highest BCUT2D eigenvalue weighted by Crippen LogP contribution is 2.34. The molecule has 2 rings (SSSR count). The first-order valence-corrected chi connectivity index (χ1v) is 7.49. The lowest BCUT2D eigenvalue weighted by atomic mass is 9.84. The zero-order valence-electron chi connectivity index (χ0n) is 12.6. The second-order valence-electron chi connectivity index (χ2n) is 5.89. The second-order valence-corrected chi connectivity index (χ2v) is 5.89. The van der Waals surface area contributed by atoms with Crippen molar-refractivity contribution in [1.82, 2.24) is 0 Å². The van der Waals surface area contributed by atoms with Gasteiger partial charge in [0, 0.05) is 19.2 Å². The Hall–Kier alpha value is -1.78. The van der Waals surface area contributed by atoms with Crippen LogP contribution in [0.4, 0.5) is 15.8 Å². The maximum absolute atomic E-state index is 13.9. The zero-order chi connectivity index (χ0) is 15.6. The predicted octanol–water partition coefficient (Wildman–Crippen LogP) is 3.51. The van der Waals surface area contributed by atoms with Crippen molar-refractivity contribution in [3.8, 4) is 0 Å². The van der Waals surface area contributed by atoms with Crippen LogP contribution in [0.1, 0.15) is 49.4 Å². The minimum absolute atomic E-state index is 0.314. The van der Waals surface area contributed by atoms with Gasteiger partial charge in [-0.15, -0.1) is 0 Å². The molecule has 4 nitrogen and oxygen atoms in total. The molecule has 0 saturated heterocycles. The Morgan fingerprint density at radius 1 is 1.38 bits per heavy atom. The summed E-state index contributed by atoms with van der Waals surface area (Å²) in [6, 6.07) is 2.79. The third-order valence-corrected chi connectivity index (χ3v) is 4.67. The van der Waals surface area contributed by atoms with Crippen molar-refractivity contribution < 1.29 is 14.3 Å². The first-order valence-electron chi connectivity index (χ1n) is 7.49. The van der Waals surface area contributed by atoms with Crippen molar-refractivity contribution >= 4 is 17.3 Å². The average molecular weight is 294 g/mol. The molecule has 1 fully saturated rings. The van der Waals surface area contributed by atoms with Crippen molar-refractivity contribution in [1.29, 1.82) is 0 Å². The Kier molecular flexibility index (Phi) is 4.70. The van der Waals surface area contributed by atoms with Crippen LogP contribution in [0.3, 0.4) is 0 Å². The number of anilines is 2. The molecule has 0 spiro atoms. The van der Waals surface area contributed by atoms with Crippen molar-refractivity contribution in [2.45, 2.75) is 45.1 Å². The molecule has 1 aromatic rings. The Morgan fingerprint density at radius 2 is 2.00 bits per heavy atom. The lowest BCUT2D eigenvalue weighted by Crippen LogP contribution is -2.35. The smallest absolute Gasteiger partial charge is 0.338 e. The number of hydrogen-bond donors (Lipinski definition) is 2. The largest absolute Gasteiger partial charge is 0.478 e. The van der Waals surface area contributed by atoms with E-state index in [0.717, 1.165) is 18.8 Å². The van der Waals surface area contributed by atoms with Gasteiger partial charge in [-0.3, -0.25) is 0 Å². The highest BCUT2D eigenvalue weighted by molar-refractivity contribution is 5.91. The van der Waals surface area contributed by atoms with Crippen LogP contribution in [0.25, 0.3) is 0 Å². The van der Waals surface area contributed by atoms with Crippen LogP contribution in [-0.2, 0) is 0 Å². The summed E-state index contributed by atoms with van der Waals surface area (Å²) in [5.74, 6) is -1.24. The molecule has 0 heterocycles. The standard InChI is InChI=1S/C16H23FN2O2/c1-3-10-4-6-11(7-5-10)19(2)15-9-13(17)12(16(20)21)8-14(15)18/h8-11H,3-7,18H2,1-2H3,(H,20,21). The van der Waals surface area contributed by atoms with Crippen LogP contribution in [0.2, 0.25) is 0 Å². The van der Waals surface area contributed by atoms with E-state index < -0.39 is 11.8 Å². The number of halogens is 1. The zero-order valence-corrected chi connectivity index (χ0v) is 12.6. The van der Waals surface area contributed by atoms with Crippen LogP contribution in [0.15, 0.2) is 12.1 Å². The number of rotatable bonds is 4. The van der Waals surface area contributed by atoms with Crippen molar-refractivity contribution in [3.63, 3.8) is 0 Å². The molecule has 0 unspecified atom stereocenters. The van der Waals surface area contributed by atoms with E-state index in [1.165, 1.54) is 31.4 Å². The number of hydrogen-bond acceptors (Lipinski definition) is 3. The van der Waals surface area contributed by atoms with E-state index in [1.54, 1.807) is 0 Å². The molecule has 0 atom stereocenters. The molecule has 3 N–H and O–H groups in total. The fourth-order valence-electron chi connectivity index (χ4n) is 3.19. The van der Waals surface area contributed by atoms with E-state index in [2.05, 4.69) is 6.92 Å². The van der Waals surface area contributed by atoms with Gasteiger partial charge in [0.05, 0.1) is 16.9 Å². The number of carboxylic acids is 1. The minimum Gasteiger partial charge on any atom is -0.478 e. The molecular weight excluding hydrogens is 271 g/mol. The van der Waals surface area contributed by atoms with Gasteiger partial charge in [0.2, 0.25) is 0 Å². The SMILES string of the molecule is CCC1CCC(N(C)c2cc(F)c(C(=O)O)cc2N)CC1. The molecule has 0 aromatic heterocycles. The Bertz CT molecular complexity index is 525. The van der Waals surface area contributed by atoms with Gasteiger partial charge in [0.15, 0.2) is 0 Å². The third-order valence-electron chi connectivity index (χ3n) is 4.67. The lowest BCUT2D eigenvalue weighted by molar-refractivity contribution is 0.0692. The average Bonchev–Trinajstić information content (AvgIpc) is 2.48. The summed E-state index contributed by atoms with van der Waals surface area (Å²) in [7, 11) is 1.91. The molecule has 21 heavy (non-hydrogen) atoms. The Labute approximate surface area is 124 Å². The van der Waals surface area contributed by atoms with Crippen LogP contribution in [-0.4, -0.2) is 24.2 Å². The van der Waals surface area contributed by atoms with E-state index in [9.17, 15) is 9.18 Å². The van der Waals surface area contributed by atoms with Gasteiger partial charge in [-0.1, -0.05) is 13.3 Å². The summed E-state index contributed by atoms with van der Waals surface area (Å²) in [6.07, 6.45) is 5.70. The van der Waals surface area contributed by atoms with Gasteiger partial charge in [0.1, 0.15) is 5.82 Å². The summed E-state index contributed by atoms with van der Waals surface area (Å²) in [6.45, 7) is 2.21. The quantitative estimate of drug-likeness (QED) is 0.834. The molecule has 1 aliphatic rings. The molecule has 5 heteroatoms. The summed E-state index contributed by atoms with van der Waals surface area (Å²) in [5.41, 5.74) is 6.44. The molecule has 0 aliphatic heterocycles. The number of carbonyl (C=O) groups is 1. The van der Waals surface area contributed by atoms with Crippen LogP contribution in [0, 0.1) is 11.7 Å². The van der Waals surface area contributed by atoms with Gasteiger partial charge in [-0.05, 0) is 37.7 Å². The normalized spacial score (nSPS) is 22.0. The maximum Gasteiger partial charge on any atom is 0.338 e. The number of aromatic carboxylic acids is 1. The van der Waals surface area contributed by atoms with E-state index in [-0.39, 0.29) is 5.56 Å². The van der Waals surface area contributed by atoms with Gasteiger partial charge in [-0.2, -0.15) is 0 Å². The monoisotopic (exact) mass is 294 g/mol. The van der Waals surface area contributed by atoms with E-state index in [4.69, 9.17) is 10.8 Å². The third kappa shape index (κ3) is 3.28. The van der Waals surface area contributed by atoms with Gasteiger partial charge < -0.3 is 15.7 Å². The predicted molar refractivity (Wildman–Crippen MR) is 82.2 cm³/mol. The van der Waals surface area contributed by atoms with Crippen molar-refractivity contribution in [2.75, 3.05) is 17.7 Å². The highest BCUT2D eigenvalue weighted by atomic mass is 19.1. The summed E-state index contributed by atoms with van der Waals surface area (Å²) >= 11 is 0. The second kappa shape index (κ2) is 6.33. The number of nitrogens with two attached hydrogens (primary N) is 1. The number of carboxylic acid groups (broad SMARTS) is 1. The van der Waals surface area contributed by atoms with Crippen LogP contribution >= 0.6 is 0 Å². The number of nitrogens with zero attached hydrogens (tertiary/aromatic N) is 1.